The molecule has 3 aromatic rings. The Bertz CT molecular complexity index is 950. The second kappa shape index (κ2) is 9.59. The summed E-state index contributed by atoms with van der Waals surface area (Å²) in [5.41, 5.74) is 2.68. The lowest BCUT2D eigenvalue weighted by Crippen LogP contribution is -2.39. The lowest BCUT2D eigenvalue weighted by atomic mass is 9.87. The van der Waals surface area contributed by atoms with Gasteiger partial charge in [0.15, 0.2) is 0 Å². The largest absolute Gasteiger partial charge is 0.489 e. The molecule has 4 heteroatoms. The van der Waals surface area contributed by atoms with E-state index in [4.69, 9.17) is 4.74 Å². The number of hydrogen-bond acceptors (Lipinski definition) is 3. The number of rotatable bonds is 6. The summed E-state index contributed by atoms with van der Waals surface area (Å²) in [6, 6.07) is 27.1. The Morgan fingerprint density at radius 2 is 1.60 bits per heavy atom. The third kappa shape index (κ3) is 4.89. The van der Waals surface area contributed by atoms with Gasteiger partial charge in [0, 0.05) is 18.7 Å². The molecule has 4 rings (SSSR count). The number of hydrogen-bond donors (Lipinski definition) is 1. The molecular formula is C26H27NO3. The Hall–Kier alpha value is -3.11. The topological polar surface area (TPSA) is 49.8 Å². The van der Waals surface area contributed by atoms with Crippen molar-refractivity contribution < 1.29 is 14.6 Å². The Kier molecular flexibility index (Phi) is 6.45. The molecular weight excluding hydrogens is 374 g/mol. The minimum atomic E-state index is -0.474. The zero-order valence-corrected chi connectivity index (χ0v) is 17.0. The van der Waals surface area contributed by atoms with E-state index in [0.717, 1.165) is 24.0 Å². The summed E-state index contributed by atoms with van der Waals surface area (Å²) in [5, 5.41) is 10.7. The van der Waals surface area contributed by atoms with Crippen molar-refractivity contribution in [1.82, 2.24) is 4.90 Å². The van der Waals surface area contributed by atoms with Gasteiger partial charge >= 0.3 is 0 Å². The second-order valence-electron chi connectivity index (χ2n) is 7.79. The normalized spacial score (nSPS) is 15.6. The lowest BCUT2D eigenvalue weighted by molar-refractivity contribution is 0.0462. The first kappa shape index (κ1) is 20.2. The van der Waals surface area contributed by atoms with E-state index in [1.54, 1.807) is 0 Å². The van der Waals surface area contributed by atoms with E-state index in [1.807, 2.05) is 89.8 Å². The van der Waals surface area contributed by atoms with Crippen LogP contribution in [0.25, 0.3) is 0 Å². The molecule has 1 N–H and O–H groups in total. The summed E-state index contributed by atoms with van der Waals surface area (Å²) >= 11 is 0. The molecule has 0 spiro atoms. The molecule has 1 atom stereocenters. The summed E-state index contributed by atoms with van der Waals surface area (Å²) in [5.74, 6) is 0.892. The quantitative estimate of drug-likeness (QED) is 0.642. The fraction of sp³-hybridized carbons (Fsp3) is 0.269. The Morgan fingerprint density at radius 1 is 0.933 bits per heavy atom. The summed E-state index contributed by atoms with van der Waals surface area (Å²) < 4.78 is 5.86. The van der Waals surface area contributed by atoms with Crippen molar-refractivity contribution in [1.29, 1.82) is 0 Å². The Morgan fingerprint density at radius 3 is 2.30 bits per heavy atom. The smallest absolute Gasteiger partial charge is 0.253 e. The molecule has 154 valence electrons. The zero-order valence-electron chi connectivity index (χ0n) is 17.0. The van der Waals surface area contributed by atoms with E-state index in [2.05, 4.69) is 0 Å². The molecule has 1 aliphatic heterocycles. The highest BCUT2D eigenvalue weighted by Crippen LogP contribution is 2.31. The van der Waals surface area contributed by atoms with Crippen LogP contribution in [0.3, 0.4) is 0 Å². The Balaban J connectivity index is 1.34. The summed E-state index contributed by atoms with van der Waals surface area (Å²) in [6.07, 6.45) is 1.12. The number of likely N-dealkylation sites (tertiary alicyclic amines) is 1. The van der Waals surface area contributed by atoms with Crippen molar-refractivity contribution in [2.45, 2.75) is 25.6 Å². The fourth-order valence-corrected chi connectivity index (χ4v) is 3.98. The predicted octanol–water partition coefficient (Wildman–Crippen LogP) is 4.85. The summed E-state index contributed by atoms with van der Waals surface area (Å²) in [4.78, 5) is 14.9. The molecule has 0 radical (unpaired) electrons. The first-order valence-electron chi connectivity index (χ1n) is 10.5. The number of carbonyl (C=O) groups is 1. The molecule has 1 heterocycles. The Labute approximate surface area is 177 Å². The molecule has 30 heavy (non-hydrogen) atoms. The third-order valence-electron chi connectivity index (χ3n) is 5.74. The molecule has 3 aromatic carbocycles. The number of nitrogens with zero attached hydrogens (tertiary/aromatic N) is 1. The number of aliphatic hydroxyl groups excluding tert-OH is 1. The molecule has 0 saturated carbocycles. The van der Waals surface area contributed by atoms with Crippen LogP contribution in [0.2, 0.25) is 0 Å². The number of amides is 1. The van der Waals surface area contributed by atoms with Crippen molar-refractivity contribution in [3.05, 3.63) is 102 Å². The van der Waals surface area contributed by atoms with Crippen molar-refractivity contribution in [3.63, 3.8) is 0 Å². The van der Waals surface area contributed by atoms with Gasteiger partial charge in [0.05, 0.1) is 6.10 Å². The van der Waals surface area contributed by atoms with Gasteiger partial charge in [0.1, 0.15) is 12.4 Å². The van der Waals surface area contributed by atoms with Gasteiger partial charge < -0.3 is 14.7 Å². The highest BCUT2D eigenvalue weighted by atomic mass is 16.5. The van der Waals surface area contributed by atoms with E-state index >= 15 is 0 Å². The molecule has 0 aromatic heterocycles. The molecule has 0 aliphatic carbocycles. The molecule has 1 amide bonds. The van der Waals surface area contributed by atoms with Gasteiger partial charge in [-0.05, 0) is 48.1 Å². The van der Waals surface area contributed by atoms with Gasteiger partial charge in [-0.1, -0.05) is 66.7 Å². The van der Waals surface area contributed by atoms with Gasteiger partial charge in [0.2, 0.25) is 0 Å². The van der Waals surface area contributed by atoms with Crippen LogP contribution < -0.4 is 4.74 Å². The molecule has 0 bridgehead atoms. The van der Waals surface area contributed by atoms with Crippen LogP contribution in [0, 0.1) is 5.92 Å². The van der Waals surface area contributed by atoms with Crippen LogP contribution >= 0.6 is 0 Å². The van der Waals surface area contributed by atoms with Crippen molar-refractivity contribution >= 4 is 5.91 Å². The molecule has 1 fully saturated rings. The maximum Gasteiger partial charge on any atom is 0.253 e. The van der Waals surface area contributed by atoms with E-state index < -0.39 is 6.10 Å². The molecule has 1 saturated heterocycles. The second-order valence-corrected chi connectivity index (χ2v) is 7.79. The van der Waals surface area contributed by atoms with Crippen LogP contribution in [-0.4, -0.2) is 29.0 Å². The highest BCUT2D eigenvalue weighted by molar-refractivity contribution is 5.94. The predicted molar refractivity (Wildman–Crippen MR) is 117 cm³/mol. The van der Waals surface area contributed by atoms with Crippen molar-refractivity contribution in [3.8, 4) is 5.75 Å². The van der Waals surface area contributed by atoms with Gasteiger partial charge in [-0.15, -0.1) is 0 Å². The molecule has 1 aliphatic rings. The number of aliphatic hydroxyl groups is 1. The average Bonchev–Trinajstić information content (AvgIpc) is 2.83. The van der Waals surface area contributed by atoms with Crippen molar-refractivity contribution in [2.24, 2.45) is 5.92 Å². The SMILES string of the molecule is O=C(c1cccc(OCc2ccccc2)c1)N1CCC([C@@H](O)c2ccccc2)CC1. The van der Waals surface area contributed by atoms with Crippen LogP contribution in [-0.2, 0) is 6.61 Å². The standard InChI is InChI=1S/C26H27NO3/c28-25(21-10-5-2-6-11-21)22-14-16-27(17-15-22)26(29)23-12-7-13-24(18-23)30-19-20-8-3-1-4-9-20/h1-13,18,22,25,28H,14-17,19H2/t25-/m0/s1. The van der Waals surface area contributed by atoms with E-state index in [0.29, 0.717) is 31.0 Å². The highest BCUT2D eigenvalue weighted by Gasteiger charge is 2.28. The summed E-state index contributed by atoms with van der Waals surface area (Å²) in [7, 11) is 0. The zero-order chi connectivity index (χ0) is 20.8. The van der Waals surface area contributed by atoms with E-state index in [9.17, 15) is 9.90 Å². The van der Waals surface area contributed by atoms with Crippen LogP contribution in [0.1, 0.15) is 40.4 Å². The van der Waals surface area contributed by atoms with E-state index in [1.165, 1.54) is 0 Å². The lowest BCUT2D eigenvalue weighted by Gasteiger charge is -2.34. The molecule has 4 nitrogen and oxygen atoms in total. The minimum absolute atomic E-state index is 0.0211. The number of piperidine rings is 1. The average molecular weight is 402 g/mol. The first-order valence-corrected chi connectivity index (χ1v) is 10.5. The van der Waals surface area contributed by atoms with Gasteiger partial charge in [0.25, 0.3) is 5.91 Å². The molecule has 0 unspecified atom stereocenters. The maximum atomic E-state index is 13.0. The van der Waals surface area contributed by atoms with Crippen LogP contribution in [0.5, 0.6) is 5.75 Å². The van der Waals surface area contributed by atoms with E-state index in [-0.39, 0.29) is 11.8 Å². The van der Waals surface area contributed by atoms with Gasteiger partial charge in [-0.2, -0.15) is 0 Å². The van der Waals surface area contributed by atoms with Crippen molar-refractivity contribution in [2.75, 3.05) is 13.1 Å². The van der Waals surface area contributed by atoms with Crippen LogP contribution in [0.4, 0.5) is 0 Å². The number of carbonyl (C=O) groups excluding carboxylic acids is 1. The third-order valence-corrected chi connectivity index (χ3v) is 5.74. The maximum absolute atomic E-state index is 13.0. The number of ether oxygens (including phenoxy) is 1. The van der Waals surface area contributed by atoms with Gasteiger partial charge in [-0.3, -0.25) is 4.79 Å². The number of benzene rings is 3. The monoisotopic (exact) mass is 401 g/mol. The first-order chi connectivity index (χ1) is 14.7. The fourth-order valence-electron chi connectivity index (χ4n) is 3.98. The summed E-state index contributed by atoms with van der Waals surface area (Å²) in [6.45, 7) is 1.78. The van der Waals surface area contributed by atoms with Crippen LogP contribution in [0.15, 0.2) is 84.9 Å². The minimum Gasteiger partial charge on any atom is -0.489 e. The van der Waals surface area contributed by atoms with Gasteiger partial charge in [-0.25, -0.2) is 0 Å².